The molecule has 25 heavy (non-hydrogen) atoms. The Labute approximate surface area is 154 Å². The van der Waals surface area contributed by atoms with Crippen LogP contribution in [-0.4, -0.2) is 12.3 Å². The van der Waals surface area contributed by atoms with Crippen molar-refractivity contribution in [1.29, 1.82) is 5.26 Å². The van der Waals surface area contributed by atoms with Crippen molar-refractivity contribution in [3.05, 3.63) is 69.9 Å². The molecule has 1 aromatic heterocycles. The van der Waals surface area contributed by atoms with Gasteiger partial charge in [-0.1, -0.05) is 34.4 Å². The van der Waals surface area contributed by atoms with Gasteiger partial charge in [0.05, 0.1) is 28.8 Å². The summed E-state index contributed by atoms with van der Waals surface area (Å²) in [6.45, 7) is 0. The highest BCUT2D eigenvalue weighted by atomic mass is 35.5. The third-order valence-electron chi connectivity index (χ3n) is 3.56. The predicted octanol–water partition coefficient (Wildman–Crippen LogP) is 5.72. The lowest BCUT2D eigenvalue weighted by atomic mass is 10.1. The first-order valence-corrected chi connectivity index (χ1v) is 8.05. The molecule has 3 aromatic rings. The second-order valence-corrected chi connectivity index (χ2v) is 5.92. The van der Waals surface area contributed by atoms with Gasteiger partial charge >= 0.3 is 0 Å². The molecule has 1 heterocycles. The van der Waals surface area contributed by atoms with Crippen LogP contribution in [0.1, 0.15) is 11.3 Å². The van der Waals surface area contributed by atoms with Gasteiger partial charge in [0.2, 0.25) is 0 Å². The van der Waals surface area contributed by atoms with Crippen LogP contribution in [0, 0.1) is 11.3 Å². The minimum Gasteiger partial charge on any atom is -0.497 e. The Balaban J connectivity index is 1.95. The van der Waals surface area contributed by atoms with Crippen LogP contribution in [0.25, 0.3) is 22.9 Å². The van der Waals surface area contributed by atoms with E-state index in [2.05, 4.69) is 11.2 Å². The SMILES string of the molecule is COc1ccc(/C(C#N)=C/c2cc(-c3c(Cl)cccc3Cl)no2)cc1. The molecule has 0 saturated carbocycles. The Hall–Kier alpha value is -2.74. The lowest BCUT2D eigenvalue weighted by molar-refractivity contribution is 0.415. The molecule has 2 aromatic carbocycles. The van der Waals surface area contributed by atoms with Gasteiger partial charge in [-0.25, -0.2) is 0 Å². The highest BCUT2D eigenvalue weighted by molar-refractivity contribution is 6.39. The molecule has 0 amide bonds. The number of allylic oxidation sites excluding steroid dienone is 1. The summed E-state index contributed by atoms with van der Waals surface area (Å²) in [5.41, 5.74) is 2.29. The molecule has 0 aliphatic carbocycles. The van der Waals surface area contributed by atoms with Gasteiger partial charge in [0.1, 0.15) is 11.4 Å². The largest absolute Gasteiger partial charge is 0.497 e. The number of aromatic nitrogens is 1. The Kier molecular flexibility index (Phi) is 5.08. The summed E-state index contributed by atoms with van der Waals surface area (Å²) in [5.74, 6) is 1.15. The zero-order valence-electron chi connectivity index (χ0n) is 13.2. The fourth-order valence-electron chi connectivity index (χ4n) is 2.31. The molecule has 0 saturated heterocycles. The van der Waals surface area contributed by atoms with Crippen molar-refractivity contribution in [1.82, 2.24) is 5.16 Å². The minimum absolute atomic E-state index is 0.429. The topological polar surface area (TPSA) is 59.0 Å². The van der Waals surface area contributed by atoms with Gasteiger partial charge in [0.25, 0.3) is 0 Å². The van der Waals surface area contributed by atoms with Crippen molar-refractivity contribution in [3.63, 3.8) is 0 Å². The van der Waals surface area contributed by atoms with Crippen molar-refractivity contribution in [2.24, 2.45) is 0 Å². The van der Waals surface area contributed by atoms with Crippen LogP contribution in [0.5, 0.6) is 5.75 Å². The molecule has 0 fully saturated rings. The van der Waals surface area contributed by atoms with E-state index in [1.165, 1.54) is 0 Å². The van der Waals surface area contributed by atoms with Crippen LogP contribution >= 0.6 is 23.2 Å². The van der Waals surface area contributed by atoms with E-state index in [0.29, 0.717) is 32.6 Å². The molecular weight excluding hydrogens is 359 g/mol. The average molecular weight is 371 g/mol. The Morgan fingerprint density at radius 1 is 1.16 bits per heavy atom. The number of nitrogens with zero attached hydrogens (tertiary/aromatic N) is 2. The smallest absolute Gasteiger partial charge is 0.161 e. The summed E-state index contributed by atoms with van der Waals surface area (Å²) in [5, 5.41) is 14.4. The quantitative estimate of drug-likeness (QED) is 0.550. The fourth-order valence-corrected chi connectivity index (χ4v) is 2.90. The maximum Gasteiger partial charge on any atom is 0.161 e. The predicted molar refractivity (Wildman–Crippen MR) is 98.4 cm³/mol. The van der Waals surface area contributed by atoms with E-state index in [0.717, 1.165) is 11.3 Å². The van der Waals surface area contributed by atoms with Crippen LogP contribution in [0.2, 0.25) is 10.0 Å². The van der Waals surface area contributed by atoms with Gasteiger partial charge in [-0.15, -0.1) is 0 Å². The Morgan fingerprint density at radius 3 is 2.44 bits per heavy atom. The van der Waals surface area contributed by atoms with E-state index in [1.54, 1.807) is 61.7 Å². The molecule has 0 aliphatic rings. The number of rotatable bonds is 4. The third-order valence-corrected chi connectivity index (χ3v) is 4.19. The molecule has 0 aliphatic heterocycles. The average Bonchev–Trinajstić information content (AvgIpc) is 3.08. The summed E-state index contributed by atoms with van der Waals surface area (Å²) in [7, 11) is 1.59. The summed E-state index contributed by atoms with van der Waals surface area (Å²) in [6, 6.07) is 16.2. The van der Waals surface area contributed by atoms with Crippen LogP contribution in [-0.2, 0) is 0 Å². The first-order valence-electron chi connectivity index (χ1n) is 7.29. The number of benzene rings is 2. The van der Waals surface area contributed by atoms with Gasteiger partial charge in [0.15, 0.2) is 5.76 Å². The number of ether oxygens (including phenoxy) is 1. The molecule has 0 bridgehead atoms. The fraction of sp³-hybridized carbons (Fsp3) is 0.0526. The lowest BCUT2D eigenvalue weighted by Crippen LogP contribution is -1.84. The van der Waals surface area contributed by atoms with Gasteiger partial charge in [-0.2, -0.15) is 5.26 Å². The summed E-state index contributed by atoms with van der Waals surface area (Å²) in [4.78, 5) is 0. The van der Waals surface area contributed by atoms with Crippen molar-refractivity contribution < 1.29 is 9.26 Å². The number of nitriles is 1. The minimum atomic E-state index is 0.429. The van der Waals surface area contributed by atoms with E-state index >= 15 is 0 Å². The molecule has 124 valence electrons. The first-order chi connectivity index (χ1) is 12.1. The highest BCUT2D eigenvalue weighted by Gasteiger charge is 2.13. The second kappa shape index (κ2) is 7.43. The molecule has 4 nitrogen and oxygen atoms in total. The van der Waals surface area contributed by atoms with E-state index in [9.17, 15) is 5.26 Å². The zero-order valence-corrected chi connectivity index (χ0v) is 14.7. The molecule has 6 heteroatoms. The molecule has 0 spiro atoms. The normalized spacial score (nSPS) is 11.2. The maximum absolute atomic E-state index is 9.43. The molecule has 3 rings (SSSR count). The zero-order chi connectivity index (χ0) is 17.8. The Bertz CT molecular complexity index is 950. The van der Waals surface area contributed by atoms with E-state index in [-0.39, 0.29) is 0 Å². The maximum atomic E-state index is 9.43. The second-order valence-electron chi connectivity index (χ2n) is 5.11. The first kappa shape index (κ1) is 17.1. The van der Waals surface area contributed by atoms with Gasteiger partial charge in [-0.05, 0) is 42.0 Å². The summed E-state index contributed by atoms with van der Waals surface area (Å²) < 4.78 is 10.4. The van der Waals surface area contributed by atoms with Crippen LogP contribution in [0.15, 0.2) is 53.1 Å². The van der Waals surface area contributed by atoms with Gasteiger partial charge in [-0.3, -0.25) is 0 Å². The number of halogens is 2. The van der Waals surface area contributed by atoms with Gasteiger partial charge in [0, 0.05) is 17.7 Å². The van der Waals surface area contributed by atoms with Crippen molar-refractivity contribution in [3.8, 4) is 23.1 Å². The van der Waals surface area contributed by atoms with Crippen LogP contribution in [0.3, 0.4) is 0 Å². The summed E-state index contributed by atoms with van der Waals surface area (Å²) in [6.07, 6.45) is 1.61. The lowest BCUT2D eigenvalue weighted by Gasteiger charge is -2.01. The number of hydrogen-bond donors (Lipinski definition) is 0. The van der Waals surface area contributed by atoms with E-state index in [4.69, 9.17) is 32.5 Å². The monoisotopic (exact) mass is 370 g/mol. The molecule has 0 unspecified atom stereocenters. The standard InChI is InChI=1S/C19H12Cl2N2O2/c1-24-14-7-5-12(6-8-14)13(11-22)9-15-10-18(23-25-15)19-16(20)3-2-4-17(19)21/h2-10H,1H3/b13-9+. The molecule has 0 atom stereocenters. The Morgan fingerprint density at radius 2 is 1.84 bits per heavy atom. The van der Waals surface area contributed by atoms with Gasteiger partial charge < -0.3 is 9.26 Å². The third kappa shape index (κ3) is 3.69. The number of methoxy groups -OCH3 is 1. The van der Waals surface area contributed by atoms with Crippen molar-refractivity contribution in [2.45, 2.75) is 0 Å². The molecule has 0 radical (unpaired) electrons. The van der Waals surface area contributed by atoms with E-state index < -0.39 is 0 Å². The summed E-state index contributed by atoms with van der Waals surface area (Å²) >= 11 is 12.4. The van der Waals surface area contributed by atoms with Crippen molar-refractivity contribution in [2.75, 3.05) is 7.11 Å². The number of hydrogen-bond acceptors (Lipinski definition) is 4. The van der Waals surface area contributed by atoms with Crippen molar-refractivity contribution >= 4 is 34.9 Å². The highest BCUT2D eigenvalue weighted by Crippen LogP contribution is 2.34. The van der Waals surface area contributed by atoms with Crippen LogP contribution < -0.4 is 4.74 Å². The molecule has 0 N–H and O–H groups in total. The van der Waals surface area contributed by atoms with E-state index in [1.807, 2.05) is 0 Å². The van der Waals surface area contributed by atoms with Crippen LogP contribution in [0.4, 0.5) is 0 Å². The molecular formula is C19H12Cl2N2O2.